The largest absolute Gasteiger partial charge is 0.399 e. The highest BCUT2D eigenvalue weighted by Crippen LogP contribution is 2.29. The Labute approximate surface area is 116 Å². The number of nitrogen functional groups attached to an aromatic ring is 1. The molecule has 1 unspecified atom stereocenters. The van der Waals surface area contributed by atoms with Crippen LogP contribution in [0.15, 0.2) is 18.2 Å². The molecule has 0 aliphatic rings. The molecule has 2 N–H and O–H groups in total. The Hall–Kier alpha value is -1.66. The van der Waals surface area contributed by atoms with Crippen molar-refractivity contribution in [2.75, 3.05) is 19.5 Å². The Kier molecular flexibility index (Phi) is 4.34. The number of rotatable bonds is 5. The number of hydrogen-bond acceptors (Lipinski definition) is 5. The van der Waals surface area contributed by atoms with E-state index >= 15 is 0 Å². The van der Waals surface area contributed by atoms with Gasteiger partial charge in [-0.05, 0) is 42.0 Å². The third-order valence-corrected chi connectivity index (χ3v) is 3.20. The van der Waals surface area contributed by atoms with Crippen LogP contribution in [-0.4, -0.2) is 33.9 Å². The van der Waals surface area contributed by atoms with Gasteiger partial charge in [0.05, 0.1) is 11.1 Å². The molecule has 2 aromatic rings. The first-order chi connectivity index (χ1) is 9.13. The van der Waals surface area contributed by atoms with Gasteiger partial charge in [-0.25, -0.2) is 4.68 Å². The van der Waals surface area contributed by atoms with Crippen molar-refractivity contribution < 1.29 is 4.74 Å². The normalized spacial score (nSPS) is 12.6. The van der Waals surface area contributed by atoms with E-state index in [0.29, 0.717) is 23.1 Å². The van der Waals surface area contributed by atoms with Crippen LogP contribution in [0.4, 0.5) is 5.69 Å². The van der Waals surface area contributed by atoms with E-state index in [4.69, 9.17) is 22.1 Å². The molecule has 0 saturated heterocycles. The lowest BCUT2D eigenvalue weighted by molar-refractivity contribution is 0.178. The Bertz CT molecular complexity index is 557. The molecule has 0 saturated carbocycles. The molecule has 0 aliphatic carbocycles. The van der Waals surface area contributed by atoms with Crippen molar-refractivity contribution >= 4 is 17.3 Å². The summed E-state index contributed by atoms with van der Waals surface area (Å²) in [6.07, 6.45) is 0.821. The van der Waals surface area contributed by atoms with E-state index < -0.39 is 0 Å². The maximum Gasteiger partial charge on any atom is 0.183 e. The zero-order chi connectivity index (χ0) is 13.8. The third kappa shape index (κ3) is 3.02. The van der Waals surface area contributed by atoms with Crippen LogP contribution in [0.2, 0.25) is 5.02 Å². The van der Waals surface area contributed by atoms with E-state index in [1.165, 1.54) is 0 Å². The molecule has 2 rings (SSSR count). The Morgan fingerprint density at radius 3 is 2.95 bits per heavy atom. The SMILES string of the molecule is COCCC(C)n1nnnc1-c1ccc(N)cc1Cl. The molecule has 7 heteroatoms. The van der Waals surface area contributed by atoms with Gasteiger partial charge in [-0.2, -0.15) is 0 Å². The van der Waals surface area contributed by atoms with Crippen molar-refractivity contribution in [2.45, 2.75) is 19.4 Å². The summed E-state index contributed by atoms with van der Waals surface area (Å²) in [6.45, 7) is 2.68. The molecule has 19 heavy (non-hydrogen) atoms. The minimum atomic E-state index is 0.124. The summed E-state index contributed by atoms with van der Waals surface area (Å²) in [5, 5.41) is 12.3. The molecule has 1 aromatic heterocycles. The predicted molar refractivity (Wildman–Crippen MR) is 73.9 cm³/mol. The molecule has 0 radical (unpaired) electrons. The summed E-state index contributed by atoms with van der Waals surface area (Å²) in [4.78, 5) is 0. The first-order valence-corrected chi connectivity index (χ1v) is 6.33. The van der Waals surface area contributed by atoms with Gasteiger partial charge in [0.25, 0.3) is 0 Å². The third-order valence-electron chi connectivity index (χ3n) is 2.88. The molecule has 0 amide bonds. The summed E-state index contributed by atoms with van der Waals surface area (Å²) in [5.74, 6) is 0.633. The number of aromatic nitrogens is 4. The van der Waals surface area contributed by atoms with Crippen LogP contribution in [0, 0.1) is 0 Å². The lowest BCUT2D eigenvalue weighted by Crippen LogP contribution is -2.11. The second-order valence-electron chi connectivity index (χ2n) is 4.32. The van der Waals surface area contributed by atoms with Gasteiger partial charge >= 0.3 is 0 Å². The van der Waals surface area contributed by atoms with Crippen LogP contribution in [-0.2, 0) is 4.74 Å². The second-order valence-corrected chi connectivity index (χ2v) is 4.72. The van der Waals surface area contributed by atoms with Crippen LogP contribution in [0.1, 0.15) is 19.4 Å². The highest BCUT2D eigenvalue weighted by Gasteiger charge is 2.16. The average molecular weight is 282 g/mol. The van der Waals surface area contributed by atoms with Crippen LogP contribution in [0.5, 0.6) is 0 Å². The van der Waals surface area contributed by atoms with Crippen molar-refractivity contribution in [1.82, 2.24) is 20.2 Å². The number of methoxy groups -OCH3 is 1. The number of halogens is 1. The molecular weight excluding hydrogens is 266 g/mol. The van der Waals surface area contributed by atoms with Crippen molar-refractivity contribution in [3.8, 4) is 11.4 Å². The lowest BCUT2D eigenvalue weighted by Gasteiger charge is -2.13. The highest BCUT2D eigenvalue weighted by atomic mass is 35.5. The zero-order valence-electron chi connectivity index (χ0n) is 10.9. The maximum atomic E-state index is 6.19. The minimum Gasteiger partial charge on any atom is -0.399 e. The Morgan fingerprint density at radius 1 is 1.47 bits per heavy atom. The molecule has 0 aliphatic heterocycles. The smallest absolute Gasteiger partial charge is 0.183 e. The van der Waals surface area contributed by atoms with Crippen LogP contribution >= 0.6 is 11.6 Å². The molecule has 1 atom stereocenters. The summed E-state index contributed by atoms with van der Waals surface area (Å²) >= 11 is 6.19. The molecule has 0 bridgehead atoms. The molecule has 102 valence electrons. The van der Waals surface area contributed by atoms with Gasteiger partial charge in [0.1, 0.15) is 0 Å². The summed E-state index contributed by atoms with van der Waals surface area (Å²) < 4.78 is 6.82. The number of ether oxygens (including phenoxy) is 1. The monoisotopic (exact) mass is 281 g/mol. The van der Waals surface area contributed by atoms with E-state index in [0.717, 1.165) is 12.0 Å². The first kappa shape index (κ1) is 13.8. The van der Waals surface area contributed by atoms with Gasteiger partial charge in [0, 0.05) is 25.0 Å². The maximum absolute atomic E-state index is 6.19. The van der Waals surface area contributed by atoms with Gasteiger partial charge in [-0.1, -0.05) is 11.6 Å². The standard InChI is InChI=1S/C12H16ClN5O/c1-8(5-6-19-2)18-12(15-16-17-18)10-4-3-9(14)7-11(10)13/h3-4,7-8H,5-6,14H2,1-2H3. The molecular formula is C12H16ClN5O. The molecule has 1 heterocycles. The molecule has 1 aromatic carbocycles. The zero-order valence-corrected chi connectivity index (χ0v) is 11.6. The lowest BCUT2D eigenvalue weighted by atomic mass is 10.1. The van der Waals surface area contributed by atoms with Crippen LogP contribution in [0.25, 0.3) is 11.4 Å². The van der Waals surface area contributed by atoms with E-state index in [-0.39, 0.29) is 6.04 Å². The van der Waals surface area contributed by atoms with Gasteiger partial charge in [0.15, 0.2) is 5.82 Å². The van der Waals surface area contributed by atoms with E-state index in [1.54, 1.807) is 23.9 Å². The highest BCUT2D eigenvalue weighted by molar-refractivity contribution is 6.33. The fraction of sp³-hybridized carbons (Fsp3) is 0.417. The van der Waals surface area contributed by atoms with Gasteiger partial charge < -0.3 is 10.5 Å². The minimum absolute atomic E-state index is 0.124. The van der Waals surface area contributed by atoms with Crippen LogP contribution in [0.3, 0.4) is 0 Å². The average Bonchev–Trinajstić information content (AvgIpc) is 2.85. The number of nitrogens with zero attached hydrogens (tertiary/aromatic N) is 4. The van der Waals surface area contributed by atoms with Gasteiger partial charge in [-0.15, -0.1) is 5.10 Å². The Morgan fingerprint density at radius 2 is 2.26 bits per heavy atom. The van der Waals surface area contributed by atoms with Gasteiger partial charge in [-0.3, -0.25) is 0 Å². The number of nitrogens with two attached hydrogens (primary N) is 1. The molecule has 0 spiro atoms. The van der Waals surface area contributed by atoms with Crippen molar-refractivity contribution in [2.24, 2.45) is 0 Å². The van der Waals surface area contributed by atoms with Crippen LogP contribution < -0.4 is 5.73 Å². The fourth-order valence-electron chi connectivity index (χ4n) is 1.79. The summed E-state index contributed by atoms with van der Waals surface area (Å²) in [7, 11) is 1.67. The topological polar surface area (TPSA) is 78.8 Å². The van der Waals surface area contributed by atoms with E-state index in [1.807, 2.05) is 13.0 Å². The number of hydrogen-bond donors (Lipinski definition) is 1. The fourth-order valence-corrected chi connectivity index (χ4v) is 2.06. The first-order valence-electron chi connectivity index (χ1n) is 5.95. The second kappa shape index (κ2) is 5.99. The number of benzene rings is 1. The quantitative estimate of drug-likeness (QED) is 0.850. The molecule has 0 fully saturated rings. The van der Waals surface area contributed by atoms with Gasteiger partial charge in [0.2, 0.25) is 0 Å². The summed E-state index contributed by atoms with van der Waals surface area (Å²) in [5.41, 5.74) is 7.06. The van der Waals surface area contributed by atoms with Crippen molar-refractivity contribution in [3.63, 3.8) is 0 Å². The van der Waals surface area contributed by atoms with E-state index in [2.05, 4.69) is 15.5 Å². The number of anilines is 1. The van der Waals surface area contributed by atoms with Crippen molar-refractivity contribution in [3.05, 3.63) is 23.2 Å². The number of tetrazole rings is 1. The Balaban J connectivity index is 2.33. The van der Waals surface area contributed by atoms with Crippen molar-refractivity contribution in [1.29, 1.82) is 0 Å². The summed E-state index contributed by atoms with van der Waals surface area (Å²) in [6, 6.07) is 5.41. The van der Waals surface area contributed by atoms with E-state index in [9.17, 15) is 0 Å². The molecule has 6 nitrogen and oxygen atoms in total. The predicted octanol–water partition coefficient (Wildman–Crippen LogP) is 2.17.